The normalized spacial score (nSPS) is 16.2. The lowest BCUT2D eigenvalue weighted by Gasteiger charge is -2.27. The second-order valence-corrected chi connectivity index (χ2v) is 4.88. The van der Waals surface area contributed by atoms with Crippen LogP contribution in [0.5, 0.6) is 0 Å². The number of hydrogen-bond donors (Lipinski definition) is 2. The Morgan fingerprint density at radius 3 is 2.85 bits per heavy atom. The van der Waals surface area contributed by atoms with Gasteiger partial charge >= 0.3 is 0 Å². The standard InChI is InChI=1S/C13H18N6O/c1-9-7-12(18-20-9)15-8-11-10(2)16-17-13(11)19-5-3-14-4-6-19/h7-8,14H,3-6H2,1-2H3,(H,16,17). The molecule has 0 saturated carbocycles. The fourth-order valence-corrected chi connectivity index (χ4v) is 2.24. The van der Waals surface area contributed by atoms with Crippen molar-refractivity contribution in [3.05, 3.63) is 23.1 Å². The van der Waals surface area contributed by atoms with Gasteiger partial charge in [-0.15, -0.1) is 0 Å². The lowest BCUT2D eigenvalue weighted by atomic mass is 10.2. The molecule has 1 aliphatic heterocycles. The number of H-pyrrole nitrogens is 1. The average molecular weight is 274 g/mol. The fourth-order valence-electron chi connectivity index (χ4n) is 2.24. The summed E-state index contributed by atoms with van der Waals surface area (Å²) in [4.78, 5) is 6.61. The van der Waals surface area contributed by atoms with E-state index in [0.29, 0.717) is 5.82 Å². The van der Waals surface area contributed by atoms with Crippen LogP contribution in [0.25, 0.3) is 0 Å². The molecule has 0 amide bonds. The zero-order valence-electron chi connectivity index (χ0n) is 11.7. The average Bonchev–Trinajstić information content (AvgIpc) is 3.04. The van der Waals surface area contributed by atoms with Crippen molar-refractivity contribution in [2.24, 2.45) is 4.99 Å². The van der Waals surface area contributed by atoms with Gasteiger partial charge < -0.3 is 14.7 Å². The Morgan fingerprint density at radius 1 is 1.35 bits per heavy atom. The van der Waals surface area contributed by atoms with Crippen molar-refractivity contribution >= 4 is 17.9 Å². The number of hydrogen-bond acceptors (Lipinski definition) is 6. The van der Waals surface area contributed by atoms with Crippen LogP contribution in [-0.2, 0) is 0 Å². The van der Waals surface area contributed by atoms with E-state index in [2.05, 4.69) is 30.6 Å². The Labute approximate surface area is 117 Å². The van der Waals surface area contributed by atoms with Crippen LogP contribution in [0.3, 0.4) is 0 Å². The van der Waals surface area contributed by atoms with Crippen LogP contribution in [-0.4, -0.2) is 47.7 Å². The Kier molecular flexibility index (Phi) is 3.51. The molecule has 0 aromatic carbocycles. The first-order valence-corrected chi connectivity index (χ1v) is 6.72. The summed E-state index contributed by atoms with van der Waals surface area (Å²) >= 11 is 0. The quantitative estimate of drug-likeness (QED) is 0.821. The van der Waals surface area contributed by atoms with Gasteiger partial charge in [0.1, 0.15) is 5.76 Å². The molecule has 7 heteroatoms. The maximum atomic E-state index is 5.01. The molecule has 0 radical (unpaired) electrons. The van der Waals surface area contributed by atoms with Crippen molar-refractivity contribution in [1.29, 1.82) is 0 Å². The second kappa shape index (κ2) is 5.46. The summed E-state index contributed by atoms with van der Waals surface area (Å²) in [5, 5.41) is 14.6. The Hall–Kier alpha value is -2.15. The molecule has 0 bridgehead atoms. The molecule has 2 aromatic rings. The molecule has 7 nitrogen and oxygen atoms in total. The minimum Gasteiger partial charge on any atom is -0.359 e. The molecule has 3 heterocycles. The fraction of sp³-hybridized carbons (Fsp3) is 0.462. The third kappa shape index (κ3) is 2.57. The number of piperazine rings is 1. The lowest BCUT2D eigenvalue weighted by Crippen LogP contribution is -2.44. The number of aryl methyl sites for hydroxylation is 2. The summed E-state index contributed by atoms with van der Waals surface area (Å²) in [6.07, 6.45) is 1.80. The van der Waals surface area contributed by atoms with Gasteiger partial charge in [0.15, 0.2) is 11.6 Å². The molecule has 0 atom stereocenters. The third-order valence-electron chi connectivity index (χ3n) is 3.33. The topological polar surface area (TPSA) is 82.3 Å². The van der Waals surface area contributed by atoms with Crippen LogP contribution in [0, 0.1) is 13.8 Å². The highest BCUT2D eigenvalue weighted by atomic mass is 16.5. The number of nitrogens with zero attached hydrogens (tertiary/aromatic N) is 4. The van der Waals surface area contributed by atoms with Crippen LogP contribution in [0.15, 0.2) is 15.6 Å². The van der Waals surface area contributed by atoms with Gasteiger partial charge in [-0.05, 0) is 13.8 Å². The summed E-state index contributed by atoms with van der Waals surface area (Å²) in [5.74, 6) is 2.28. The Bertz CT molecular complexity index is 608. The van der Waals surface area contributed by atoms with Crippen LogP contribution in [0.1, 0.15) is 17.0 Å². The molecule has 2 N–H and O–H groups in total. The van der Waals surface area contributed by atoms with E-state index in [1.54, 1.807) is 12.3 Å². The number of aliphatic imine (C=N–C) groups is 1. The molecule has 20 heavy (non-hydrogen) atoms. The van der Waals surface area contributed by atoms with E-state index >= 15 is 0 Å². The second-order valence-electron chi connectivity index (χ2n) is 4.88. The molecule has 1 saturated heterocycles. The number of rotatable bonds is 3. The van der Waals surface area contributed by atoms with Crippen molar-refractivity contribution in [2.75, 3.05) is 31.1 Å². The van der Waals surface area contributed by atoms with E-state index in [0.717, 1.165) is 49.0 Å². The molecule has 1 fully saturated rings. The lowest BCUT2D eigenvalue weighted by molar-refractivity contribution is 0.399. The molecule has 0 unspecified atom stereocenters. The first-order valence-electron chi connectivity index (χ1n) is 6.72. The summed E-state index contributed by atoms with van der Waals surface area (Å²) in [6.45, 7) is 7.70. The molecule has 1 aliphatic rings. The van der Waals surface area contributed by atoms with E-state index in [9.17, 15) is 0 Å². The predicted molar refractivity (Wildman–Crippen MR) is 76.9 cm³/mol. The number of nitrogens with one attached hydrogen (secondary N) is 2. The minimum atomic E-state index is 0.578. The highest BCUT2D eigenvalue weighted by molar-refractivity contribution is 5.89. The van der Waals surface area contributed by atoms with Crippen LogP contribution in [0.4, 0.5) is 11.6 Å². The van der Waals surface area contributed by atoms with Crippen LogP contribution < -0.4 is 10.2 Å². The molecular weight excluding hydrogens is 256 g/mol. The first-order chi connectivity index (χ1) is 9.74. The van der Waals surface area contributed by atoms with Crippen molar-refractivity contribution in [3.63, 3.8) is 0 Å². The molecule has 3 rings (SSSR count). The van der Waals surface area contributed by atoms with Crippen LogP contribution in [0.2, 0.25) is 0 Å². The molecule has 0 aliphatic carbocycles. The molecule has 106 valence electrons. The Morgan fingerprint density at radius 2 is 2.15 bits per heavy atom. The van der Waals surface area contributed by atoms with E-state index < -0.39 is 0 Å². The summed E-state index contributed by atoms with van der Waals surface area (Å²) in [7, 11) is 0. The first kappa shape index (κ1) is 12.9. The number of anilines is 1. The monoisotopic (exact) mass is 274 g/mol. The highest BCUT2D eigenvalue weighted by Gasteiger charge is 2.17. The van der Waals surface area contributed by atoms with Crippen LogP contribution >= 0.6 is 0 Å². The third-order valence-corrected chi connectivity index (χ3v) is 3.33. The molecular formula is C13H18N6O. The SMILES string of the molecule is Cc1cc(N=Cc2c(N3CCNCC3)n[nH]c2C)no1. The van der Waals surface area contributed by atoms with Crippen molar-refractivity contribution in [1.82, 2.24) is 20.7 Å². The largest absolute Gasteiger partial charge is 0.359 e. The zero-order valence-corrected chi connectivity index (χ0v) is 11.7. The maximum absolute atomic E-state index is 5.01. The van der Waals surface area contributed by atoms with Crippen molar-refractivity contribution < 1.29 is 4.52 Å². The highest BCUT2D eigenvalue weighted by Crippen LogP contribution is 2.20. The zero-order chi connectivity index (χ0) is 13.9. The van der Waals surface area contributed by atoms with E-state index in [4.69, 9.17) is 4.52 Å². The summed E-state index contributed by atoms with van der Waals surface area (Å²) in [6, 6.07) is 1.80. The molecule has 0 spiro atoms. The Balaban J connectivity index is 1.85. The molecule has 2 aromatic heterocycles. The summed E-state index contributed by atoms with van der Waals surface area (Å²) < 4.78 is 5.01. The van der Waals surface area contributed by atoms with E-state index in [1.165, 1.54) is 0 Å². The van der Waals surface area contributed by atoms with E-state index in [-0.39, 0.29) is 0 Å². The minimum absolute atomic E-state index is 0.578. The van der Waals surface area contributed by atoms with Gasteiger partial charge in [0, 0.05) is 44.2 Å². The maximum Gasteiger partial charge on any atom is 0.195 e. The van der Waals surface area contributed by atoms with Gasteiger partial charge in [-0.1, -0.05) is 5.16 Å². The predicted octanol–water partition coefficient (Wildman–Crippen LogP) is 1.17. The van der Waals surface area contributed by atoms with Gasteiger partial charge in [0.25, 0.3) is 0 Å². The smallest absolute Gasteiger partial charge is 0.195 e. The van der Waals surface area contributed by atoms with Gasteiger partial charge in [-0.3, -0.25) is 5.10 Å². The number of aromatic amines is 1. The van der Waals surface area contributed by atoms with Gasteiger partial charge in [-0.25, -0.2) is 4.99 Å². The van der Waals surface area contributed by atoms with Gasteiger partial charge in [0.2, 0.25) is 0 Å². The number of aromatic nitrogens is 3. The van der Waals surface area contributed by atoms with E-state index in [1.807, 2.05) is 13.8 Å². The summed E-state index contributed by atoms with van der Waals surface area (Å²) in [5.41, 5.74) is 2.01. The van der Waals surface area contributed by atoms with Crippen molar-refractivity contribution in [3.8, 4) is 0 Å². The van der Waals surface area contributed by atoms with Crippen molar-refractivity contribution in [2.45, 2.75) is 13.8 Å². The van der Waals surface area contributed by atoms with Gasteiger partial charge in [-0.2, -0.15) is 5.10 Å². The van der Waals surface area contributed by atoms with Gasteiger partial charge in [0.05, 0.1) is 5.56 Å².